The van der Waals surface area contributed by atoms with Crippen LogP contribution in [0.15, 0.2) is 18.2 Å². The SMILES string of the molecule is O=C(P)NCCCN1CCN(C(=O)CCCCCNC(=O)COc2cccc3c2C(=O)N(C2CCC(=O)NC2=O)C3=O)CC1. The van der Waals surface area contributed by atoms with Gasteiger partial charge in [0.2, 0.25) is 23.4 Å². The van der Waals surface area contributed by atoms with E-state index in [-0.39, 0.29) is 47.9 Å². The van der Waals surface area contributed by atoms with E-state index in [9.17, 15) is 33.6 Å². The molecule has 3 heterocycles. The predicted octanol–water partition coefficient (Wildman–Crippen LogP) is 0.262. The Morgan fingerprint density at radius 2 is 1.68 bits per heavy atom. The summed E-state index contributed by atoms with van der Waals surface area (Å²) in [4.78, 5) is 90.7. The Morgan fingerprint density at radius 3 is 2.41 bits per heavy atom. The van der Waals surface area contributed by atoms with Crippen molar-refractivity contribution in [2.45, 2.75) is 51.0 Å². The van der Waals surface area contributed by atoms with Crippen molar-refractivity contribution < 1.29 is 38.3 Å². The van der Waals surface area contributed by atoms with Gasteiger partial charge < -0.3 is 20.3 Å². The third kappa shape index (κ3) is 8.60. The van der Waals surface area contributed by atoms with Crippen LogP contribution in [0.25, 0.3) is 0 Å². The summed E-state index contributed by atoms with van der Waals surface area (Å²) >= 11 is 0. The Bertz CT molecular complexity index is 1300. The Kier molecular flexibility index (Phi) is 11.8. The number of benzene rings is 1. The number of carbonyl (C=O) groups is 7. The first-order chi connectivity index (χ1) is 21.2. The maximum atomic E-state index is 13.1. The summed E-state index contributed by atoms with van der Waals surface area (Å²) < 4.78 is 5.59. The molecule has 3 N–H and O–H groups in total. The van der Waals surface area contributed by atoms with Crippen LogP contribution in [0.2, 0.25) is 0 Å². The number of hydrogen-bond acceptors (Lipinski definition) is 9. The summed E-state index contributed by atoms with van der Waals surface area (Å²) in [7, 11) is 2.10. The standard InChI is InChI=1S/C29H39N6O8P/c36-22-10-9-20(26(39)32-22)35-27(40)19-6-4-7-21(25(19)28(35)41)43-18-23(37)30-11-3-1-2-8-24(38)34-16-14-33(15-17-34)13-5-12-31-29(42)44/h4,6-7,20H,1-3,5,8-18,44H2,(H,30,37)(H,31,42)(H,32,36,39). The molecule has 2 atom stereocenters. The van der Waals surface area contributed by atoms with Crippen molar-refractivity contribution in [2.24, 2.45) is 0 Å². The average Bonchev–Trinajstić information content (AvgIpc) is 3.25. The molecule has 3 aliphatic rings. The molecule has 15 heteroatoms. The normalized spacial score (nSPS) is 18.6. The third-order valence-corrected chi connectivity index (χ3v) is 8.06. The smallest absolute Gasteiger partial charge is 0.266 e. The summed E-state index contributed by atoms with van der Waals surface area (Å²) in [5.41, 5.74) is -0.0433. The number of ether oxygens (including phenoxy) is 1. The molecule has 0 saturated carbocycles. The van der Waals surface area contributed by atoms with Crippen molar-refractivity contribution in [1.82, 2.24) is 30.7 Å². The highest BCUT2D eigenvalue weighted by Gasteiger charge is 2.46. The van der Waals surface area contributed by atoms with Crippen molar-refractivity contribution in [2.75, 3.05) is 52.4 Å². The van der Waals surface area contributed by atoms with Gasteiger partial charge in [0.25, 0.3) is 17.7 Å². The fraction of sp³-hybridized carbons (Fsp3) is 0.552. The van der Waals surface area contributed by atoms with Crippen LogP contribution in [0.5, 0.6) is 5.75 Å². The van der Waals surface area contributed by atoms with Gasteiger partial charge in [-0.1, -0.05) is 12.5 Å². The van der Waals surface area contributed by atoms with E-state index in [4.69, 9.17) is 4.74 Å². The molecular formula is C29H39N6O8P. The number of nitrogens with zero attached hydrogens (tertiary/aromatic N) is 3. The van der Waals surface area contributed by atoms with E-state index < -0.39 is 35.6 Å². The van der Waals surface area contributed by atoms with Gasteiger partial charge in [-0.2, -0.15) is 0 Å². The molecule has 0 radical (unpaired) electrons. The van der Waals surface area contributed by atoms with Gasteiger partial charge >= 0.3 is 0 Å². The van der Waals surface area contributed by atoms with Crippen molar-refractivity contribution in [3.63, 3.8) is 0 Å². The maximum absolute atomic E-state index is 13.1. The number of unbranched alkanes of at least 4 members (excludes halogenated alkanes) is 2. The fourth-order valence-electron chi connectivity index (χ4n) is 5.50. The number of carbonyl (C=O) groups excluding carboxylic acids is 7. The second-order valence-corrected chi connectivity index (χ2v) is 11.5. The Hall–Kier alpha value is -3.90. The summed E-state index contributed by atoms with van der Waals surface area (Å²) in [6, 6.07) is 3.38. The van der Waals surface area contributed by atoms with Crippen molar-refractivity contribution in [3.8, 4) is 5.75 Å². The van der Waals surface area contributed by atoms with Gasteiger partial charge in [-0.25, -0.2) is 0 Å². The molecule has 14 nitrogen and oxygen atoms in total. The molecule has 0 spiro atoms. The van der Waals surface area contributed by atoms with Crippen molar-refractivity contribution in [3.05, 3.63) is 29.3 Å². The molecule has 3 aliphatic heterocycles. The molecule has 0 bridgehead atoms. The van der Waals surface area contributed by atoms with Crippen LogP contribution < -0.4 is 20.7 Å². The van der Waals surface area contributed by atoms with Crippen LogP contribution in [0.3, 0.4) is 0 Å². The topological polar surface area (TPSA) is 175 Å². The lowest BCUT2D eigenvalue weighted by atomic mass is 10.0. The van der Waals surface area contributed by atoms with Gasteiger partial charge in [0.15, 0.2) is 6.61 Å². The molecular weight excluding hydrogens is 591 g/mol. The minimum absolute atomic E-state index is 0.0118. The predicted molar refractivity (Wildman–Crippen MR) is 161 cm³/mol. The average molecular weight is 631 g/mol. The second kappa shape index (κ2) is 15.7. The van der Waals surface area contributed by atoms with Crippen LogP contribution >= 0.6 is 9.24 Å². The highest BCUT2D eigenvalue weighted by atomic mass is 31.0. The number of amides is 7. The molecule has 0 aliphatic carbocycles. The second-order valence-electron chi connectivity index (χ2n) is 10.9. The molecule has 7 amide bonds. The summed E-state index contributed by atoms with van der Waals surface area (Å²) in [5.74, 6) is -2.71. The number of nitrogens with one attached hydrogen (secondary N) is 3. The molecule has 238 valence electrons. The number of piperidine rings is 1. The van der Waals surface area contributed by atoms with Crippen LogP contribution in [0.1, 0.15) is 65.7 Å². The summed E-state index contributed by atoms with van der Waals surface area (Å²) in [6.07, 6.45) is 3.57. The van der Waals surface area contributed by atoms with E-state index in [2.05, 4.69) is 30.1 Å². The lowest BCUT2D eigenvalue weighted by Crippen LogP contribution is -2.54. The zero-order chi connectivity index (χ0) is 31.6. The van der Waals surface area contributed by atoms with Gasteiger partial charge in [-0.05, 0) is 53.6 Å². The first-order valence-corrected chi connectivity index (χ1v) is 15.5. The summed E-state index contributed by atoms with van der Waals surface area (Å²) in [6.45, 7) is 4.60. The zero-order valence-corrected chi connectivity index (χ0v) is 25.8. The van der Waals surface area contributed by atoms with E-state index in [1.54, 1.807) is 0 Å². The van der Waals surface area contributed by atoms with E-state index in [1.807, 2.05) is 4.90 Å². The first kappa shape index (κ1) is 33.0. The van der Waals surface area contributed by atoms with E-state index in [0.717, 1.165) is 43.8 Å². The number of imide groups is 2. The third-order valence-electron chi connectivity index (χ3n) is 7.85. The van der Waals surface area contributed by atoms with Crippen LogP contribution in [0.4, 0.5) is 4.79 Å². The van der Waals surface area contributed by atoms with Crippen molar-refractivity contribution >= 4 is 50.3 Å². The van der Waals surface area contributed by atoms with E-state index in [1.165, 1.54) is 18.2 Å². The minimum Gasteiger partial charge on any atom is -0.483 e. The van der Waals surface area contributed by atoms with E-state index >= 15 is 0 Å². The minimum atomic E-state index is -1.09. The van der Waals surface area contributed by atoms with Gasteiger partial charge in [0.05, 0.1) is 11.1 Å². The molecule has 1 aromatic rings. The molecule has 2 fully saturated rings. The molecule has 0 aromatic heterocycles. The van der Waals surface area contributed by atoms with E-state index in [0.29, 0.717) is 39.0 Å². The van der Waals surface area contributed by atoms with Crippen molar-refractivity contribution in [1.29, 1.82) is 0 Å². The maximum Gasteiger partial charge on any atom is 0.266 e. The quantitative estimate of drug-likeness (QED) is 0.148. The monoisotopic (exact) mass is 630 g/mol. The largest absolute Gasteiger partial charge is 0.483 e. The highest BCUT2D eigenvalue weighted by Crippen LogP contribution is 2.33. The highest BCUT2D eigenvalue weighted by molar-refractivity contribution is 7.39. The molecule has 1 aromatic carbocycles. The lowest BCUT2D eigenvalue weighted by Gasteiger charge is -2.34. The van der Waals surface area contributed by atoms with Crippen LogP contribution in [-0.2, 0) is 19.2 Å². The van der Waals surface area contributed by atoms with Gasteiger partial charge in [0.1, 0.15) is 11.8 Å². The van der Waals surface area contributed by atoms with Crippen LogP contribution in [-0.4, -0.2) is 114 Å². The Balaban J connectivity index is 1.11. The molecule has 4 rings (SSSR count). The van der Waals surface area contributed by atoms with Gasteiger partial charge in [-0.3, -0.25) is 48.7 Å². The number of fused-ring (bicyclic) bond motifs is 1. The molecule has 2 saturated heterocycles. The number of piperazine rings is 1. The number of rotatable bonds is 14. The van der Waals surface area contributed by atoms with Gasteiger partial charge in [0, 0.05) is 52.1 Å². The zero-order valence-electron chi connectivity index (χ0n) is 24.6. The summed E-state index contributed by atoms with van der Waals surface area (Å²) in [5, 5.41) is 7.67. The fourth-order valence-corrected chi connectivity index (χ4v) is 5.64. The van der Waals surface area contributed by atoms with Crippen LogP contribution in [0, 0.1) is 0 Å². The Labute approximate surface area is 257 Å². The molecule has 2 unspecified atom stereocenters. The number of hydrogen-bond donors (Lipinski definition) is 3. The lowest BCUT2D eigenvalue weighted by molar-refractivity contribution is -0.136. The van der Waals surface area contributed by atoms with Gasteiger partial charge in [-0.15, -0.1) is 0 Å². The first-order valence-electron chi connectivity index (χ1n) is 14.9. The Morgan fingerprint density at radius 1 is 0.932 bits per heavy atom. The molecule has 44 heavy (non-hydrogen) atoms.